The molecule has 1 heterocycles. The maximum Gasteiger partial charge on any atom is 0.327 e. The highest BCUT2D eigenvalue weighted by Crippen LogP contribution is 2.38. The molecule has 1 fully saturated rings. The van der Waals surface area contributed by atoms with Gasteiger partial charge in [0.1, 0.15) is 6.17 Å². The standard InChI is InChI=1S/C16H21N3O6/c1-18-12(8-13(20)19(2)16(18)22)17-15(21)9-6-10(23-3)14(25-5)11(7-9)24-4/h6-7,12H,8H2,1-5H3,(H,17,21). The highest BCUT2D eigenvalue weighted by atomic mass is 16.5. The lowest BCUT2D eigenvalue weighted by Gasteiger charge is -2.36. The SMILES string of the molecule is COc1cc(C(=O)NC2CC(=O)N(C)C(=O)N2C)cc(OC)c1OC. The summed E-state index contributed by atoms with van der Waals surface area (Å²) in [6, 6.07) is 2.51. The van der Waals surface area contributed by atoms with E-state index in [4.69, 9.17) is 14.2 Å². The summed E-state index contributed by atoms with van der Waals surface area (Å²) in [6.07, 6.45) is -0.739. The van der Waals surface area contributed by atoms with Crippen molar-refractivity contribution in [1.29, 1.82) is 0 Å². The van der Waals surface area contributed by atoms with Crippen molar-refractivity contribution in [3.63, 3.8) is 0 Å². The molecule has 1 atom stereocenters. The Kier molecular flexibility index (Phi) is 5.35. The van der Waals surface area contributed by atoms with Crippen molar-refractivity contribution in [3.8, 4) is 17.2 Å². The third kappa shape index (κ3) is 3.44. The number of nitrogens with zero attached hydrogens (tertiary/aromatic N) is 2. The van der Waals surface area contributed by atoms with Crippen molar-refractivity contribution in [2.45, 2.75) is 12.6 Å². The first-order valence-electron chi connectivity index (χ1n) is 7.48. The molecule has 0 radical (unpaired) electrons. The molecule has 0 aromatic heterocycles. The molecule has 136 valence electrons. The second-order valence-electron chi connectivity index (χ2n) is 5.45. The minimum atomic E-state index is -0.734. The Labute approximate surface area is 145 Å². The molecule has 1 saturated heterocycles. The van der Waals surface area contributed by atoms with Crippen LogP contribution < -0.4 is 19.5 Å². The maximum atomic E-state index is 12.6. The fourth-order valence-corrected chi connectivity index (χ4v) is 2.51. The Morgan fingerprint density at radius 2 is 1.64 bits per heavy atom. The van der Waals surface area contributed by atoms with Crippen molar-refractivity contribution < 1.29 is 28.6 Å². The number of urea groups is 1. The first-order valence-corrected chi connectivity index (χ1v) is 7.48. The zero-order chi connectivity index (χ0) is 18.7. The smallest absolute Gasteiger partial charge is 0.327 e. The van der Waals surface area contributed by atoms with Crippen LogP contribution in [0.3, 0.4) is 0 Å². The quantitative estimate of drug-likeness (QED) is 0.838. The van der Waals surface area contributed by atoms with Gasteiger partial charge in [-0.1, -0.05) is 0 Å². The first kappa shape index (κ1) is 18.4. The number of benzene rings is 1. The summed E-state index contributed by atoms with van der Waals surface area (Å²) in [5.74, 6) is 0.189. The van der Waals surface area contributed by atoms with Gasteiger partial charge in [0.2, 0.25) is 11.7 Å². The molecule has 0 aliphatic carbocycles. The number of carbonyl (C=O) groups is 3. The van der Waals surface area contributed by atoms with E-state index in [0.29, 0.717) is 17.2 Å². The van der Waals surface area contributed by atoms with Crippen LogP contribution in [0, 0.1) is 0 Å². The van der Waals surface area contributed by atoms with E-state index in [9.17, 15) is 14.4 Å². The molecular formula is C16H21N3O6. The van der Waals surface area contributed by atoms with E-state index >= 15 is 0 Å². The second-order valence-corrected chi connectivity index (χ2v) is 5.45. The van der Waals surface area contributed by atoms with E-state index in [1.54, 1.807) is 0 Å². The van der Waals surface area contributed by atoms with E-state index in [-0.39, 0.29) is 17.9 Å². The molecule has 1 aromatic rings. The van der Waals surface area contributed by atoms with E-state index in [2.05, 4.69) is 5.32 Å². The number of rotatable bonds is 5. The van der Waals surface area contributed by atoms with Crippen LogP contribution in [0.15, 0.2) is 12.1 Å². The highest BCUT2D eigenvalue weighted by Gasteiger charge is 2.35. The van der Waals surface area contributed by atoms with Gasteiger partial charge >= 0.3 is 6.03 Å². The number of carbonyl (C=O) groups excluding carboxylic acids is 3. The summed E-state index contributed by atoms with van der Waals surface area (Å²) in [5, 5.41) is 2.67. The van der Waals surface area contributed by atoms with Gasteiger partial charge in [-0.15, -0.1) is 0 Å². The van der Waals surface area contributed by atoms with Gasteiger partial charge < -0.3 is 24.4 Å². The number of nitrogens with one attached hydrogen (secondary N) is 1. The number of hydrogen-bond acceptors (Lipinski definition) is 6. The molecule has 1 N–H and O–H groups in total. The fourth-order valence-electron chi connectivity index (χ4n) is 2.51. The second kappa shape index (κ2) is 7.29. The summed E-state index contributed by atoms with van der Waals surface area (Å²) in [7, 11) is 7.27. The molecule has 0 bridgehead atoms. The molecule has 9 nitrogen and oxygen atoms in total. The van der Waals surface area contributed by atoms with Crippen LogP contribution in [0.1, 0.15) is 16.8 Å². The van der Waals surface area contributed by atoms with Crippen molar-refractivity contribution in [1.82, 2.24) is 15.1 Å². The van der Waals surface area contributed by atoms with Gasteiger partial charge in [0.25, 0.3) is 5.91 Å². The minimum Gasteiger partial charge on any atom is -0.493 e. The Hall–Kier alpha value is -2.97. The zero-order valence-electron chi connectivity index (χ0n) is 14.8. The number of methoxy groups -OCH3 is 3. The van der Waals surface area contributed by atoms with Gasteiger partial charge in [0, 0.05) is 19.7 Å². The van der Waals surface area contributed by atoms with Crippen LogP contribution in [0.5, 0.6) is 17.2 Å². The zero-order valence-corrected chi connectivity index (χ0v) is 14.8. The predicted octanol–water partition coefficient (Wildman–Crippen LogP) is 0.682. The lowest BCUT2D eigenvalue weighted by molar-refractivity contribution is -0.131. The van der Waals surface area contributed by atoms with Crippen molar-refractivity contribution in [3.05, 3.63) is 17.7 Å². The molecule has 2 rings (SSSR count). The third-order valence-corrected chi connectivity index (χ3v) is 4.02. The topological polar surface area (TPSA) is 97.4 Å². The molecule has 1 aliphatic rings. The Morgan fingerprint density at radius 1 is 1.08 bits per heavy atom. The van der Waals surface area contributed by atoms with Gasteiger partial charge in [0.05, 0.1) is 27.8 Å². The summed E-state index contributed by atoms with van der Waals surface area (Å²) in [5.41, 5.74) is 0.252. The summed E-state index contributed by atoms with van der Waals surface area (Å²) >= 11 is 0. The number of amides is 4. The Balaban J connectivity index is 2.26. The van der Waals surface area contributed by atoms with Crippen LogP contribution in [0.2, 0.25) is 0 Å². The lowest BCUT2D eigenvalue weighted by atomic mass is 10.1. The summed E-state index contributed by atoms with van der Waals surface area (Å²) in [4.78, 5) is 38.7. The van der Waals surface area contributed by atoms with Crippen LogP contribution in [0.4, 0.5) is 4.79 Å². The molecule has 1 unspecified atom stereocenters. The molecule has 1 aromatic carbocycles. The Morgan fingerprint density at radius 3 is 2.12 bits per heavy atom. The third-order valence-electron chi connectivity index (χ3n) is 4.02. The van der Waals surface area contributed by atoms with E-state index < -0.39 is 18.1 Å². The van der Waals surface area contributed by atoms with Gasteiger partial charge in [-0.3, -0.25) is 14.5 Å². The summed E-state index contributed by atoms with van der Waals surface area (Å²) in [6.45, 7) is 0. The number of imide groups is 1. The first-order chi connectivity index (χ1) is 11.8. The average molecular weight is 351 g/mol. The van der Waals surface area contributed by atoms with E-state index in [1.165, 1.54) is 52.5 Å². The Bertz CT molecular complexity index is 680. The molecule has 0 spiro atoms. The van der Waals surface area contributed by atoms with Gasteiger partial charge in [-0.2, -0.15) is 0 Å². The van der Waals surface area contributed by atoms with Gasteiger partial charge in [-0.05, 0) is 12.1 Å². The van der Waals surface area contributed by atoms with Gasteiger partial charge in [0.15, 0.2) is 11.5 Å². The minimum absolute atomic E-state index is 0.00506. The van der Waals surface area contributed by atoms with E-state index in [1.807, 2.05) is 0 Å². The largest absolute Gasteiger partial charge is 0.493 e. The molecule has 4 amide bonds. The van der Waals surface area contributed by atoms with Crippen molar-refractivity contribution in [2.24, 2.45) is 0 Å². The van der Waals surface area contributed by atoms with Crippen molar-refractivity contribution >= 4 is 17.8 Å². The molecule has 0 saturated carbocycles. The maximum absolute atomic E-state index is 12.6. The normalized spacial score (nSPS) is 17.4. The van der Waals surface area contributed by atoms with Gasteiger partial charge in [-0.25, -0.2) is 4.79 Å². The number of hydrogen-bond donors (Lipinski definition) is 1. The lowest BCUT2D eigenvalue weighted by Crippen LogP contribution is -2.59. The van der Waals surface area contributed by atoms with Crippen LogP contribution in [0.25, 0.3) is 0 Å². The highest BCUT2D eigenvalue weighted by molar-refractivity contribution is 5.99. The van der Waals surface area contributed by atoms with Crippen molar-refractivity contribution in [2.75, 3.05) is 35.4 Å². The predicted molar refractivity (Wildman–Crippen MR) is 87.9 cm³/mol. The average Bonchev–Trinajstić information content (AvgIpc) is 2.62. The molecule has 1 aliphatic heterocycles. The van der Waals surface area contributed by atoms with Crippen LogP contribution in [-0.4, -0.2) is 69.2 Å². The van der Waals surface area contributed by atoms with Crippen LogP contribution >= 0.6 is 0 Å². The monoisotopic (exact) mass is 351 g/mol. The molecule has 9 heteroatoms. The van der Waals surface area contributed by atoms with E-state index in [0.717, 1.165) is 4.90 Å². The molecular weight excluding hydrogens is 330 g/mol. The molecule has 25 heavy (non-hydrogen) atoms. The fraction of sp³-hybridized carbons (Fsp3) is 0.438. The van der Waals surface area contributed by atoms with Crippen LogP contribution in [-0.2, 0) is 4.79 Å². The number of ether oxygens (including phenoxy) is 3. The summed E-state index contributed by atoms with van der Waals surface area (Å²) < 4.78 is 15.7.